The van der Waals surface area contributed by atoms with Gasteiger partial charge in [0.1, 0.15) is 5.82 Å². The van der Waals surface area contributed by atoms with Gasteiger partial charge >= 0.3 is 0 Å². The van der Waals surface area contributed by atoms with Gasteiger partial charge in [-0.15, -0.1) is 0 Å². The molecule has 1 saturated carbocycles. The van der Waals surface area contributed by atoms with Crippen LogP contribution in [0.15, 0.2) is 54.9 Å². The summed E-state index contributed by atoms with van der Waals surface area (Å²) in [7, 11) is 0. The van der Waals surface area contributed by atoms with Gasteiger partial charge in [-0.25, -0.2) is 9.37 Å². The van der Waals surface area contributed by atoms with Crippen LogP contribution in [0.3, 0.4) is 0 Å². The lowest BCUT2D eigenvalue weighted by Gasteiger charge is -2.30. The highest BCUT2D eigenvalue weighted by Gasteiger charge is 2.24. The van der Waals surface area contributed by atoms with Crippen LogP contribution in [0.1, 0.15) is 36.0 Å². The highest BCUT2D eigenvalue weighted by atomic mass is 19.1. The molecule has 2 aromatic heterocycles. The number of anilines is 3. The molecular formula is C23H25FN6O. The van der Waals surface area contributed by atoms with E-state index < -0.39 is 11.7 Å². The van der Waals surface area contributed by atoms with E-state index in [0.29, 0.717) is 5.69 Å². The lowest BCUT2D eigenvalue weighted by atomic mass is 9.91. The van der Waals surface area contributed by atoms with E-state index in [0.717, 1.165) is 42.9 Å². The molecule has 2 atom stereocenters. The number of rotatable bonds is 6. The van der Waals surface area contributed by atoms with Crippen LogP contribution in [0, 0.1) is 5.82 Å². The molecule has 1 aliphatic rings. The molecule has 0 bridgehead atoms. The second kappa shape index (κ2) is 9.09. The molecule has 7 nitrogen and oxygen atoms in total. The van der Waals surface area contributed by atoms with E-state index in [1.54, 1.807) is 12.4 Å². The maximum Gasteiger partial charge on any atom is 0.252 e. The second-order valence-corrected chi connectivity index (χ2v) is 7.69. The van der Waals surface area contributed by atoms with Gasteiger partial charge in [0.25, 0.3) is 5.91 Å². The number of carbonyl (C=O) groups is 1. The molecule has 2 heterocycles. The zero-order chi connectivity index (χ0) is 21.8. The minimum absolute atomic E-state index is 0.0417. The topological polar surface area (TPSA) is 119 Å². The molecule has 1 amide bonds. The van der Waals surface area contributed by atoms with E-state index in [1.807, 2.05) is 36.4 Å². The number of hydrogen-bond donors (Lipinski definition) is 4. The third kappa shape index (κ3) is 4.64. The quantitative estimate of drug-likeness (QED) is 0.482. The Hall–Kier alpha value is -3.52. The van der Waals surface area contributed by atoms with E-state index in [1.165, 1.54) is 0 Å². The number of carbonyl (C=O) groups excluding carboxylic acids is 1. The Morgan fingerprint density at radius 2 is 1.87 bits per heavy atom. The minimum Gasteiger partial charge on any atom is -0.365 e. The molecule has 0 saturated heterocycles. The van der Waals surface area contributed by atoms with Crippen LogP contribution in [0.2, 0.25) is 0 Å². The number of nitrogens with one attached hydrogen (secondary N) is 2. The SMILES string of the molecule is NC(=O)c1cc(F)c(NC2CCCC[C@@H]2N)nc1Nc1cnccc1-c1ccccc1. The Kier molecular flexibility index (Phi) is 6.08. The van der Waals surface area contributed by atoms with E-state index in [-0.39, 0.29) is 29.3 Å². The van der Waals surface area contributed by atoms with Crippen molar-refractivity contribution in [2.24, 2.45) is 11.5 Å². The van der Waals surface area contributed by atoms with Crippen molar-refractivity contribution in [2.75, 3.05) is 10.6 Å². The van der Waals surface area contributed by atoms with Gasteiger partial charge in [-0.05, 0) is 30.5 Å². The number of hydrogen-bond acceptors (Lipinski definition) is 6. The average molecular weight is 420 g/mol. The Bertz CT molecular complexity index is 1070. The number of benzene rings is 1. The molecular weight excluding hydrogens is 395 g/mol. The molecule has 1 aromatic carbocycles. The standard InChI is InChI=1S/C23H25FN6O/c24-17-12-16(21(26)31)22(30-23(17)28-19-9-5-4-8-18(19)25)29-20-13-27-11-10-15(20)14-6-2-1-3-7-14/h1-3,6-7,10-13,18-19H,4-5,8-9,25H2,(H2,26,31)(H2,28,29,30)/t18-,19?/m0/s1. The van der Waals surface area contributed by atoms with Crippen molar-refractivity contribution in [1.82, 2.24) is 9.97 Å². The first-order chi connectivity index (χ1) is 15.0. The van der Waals surface area contributed by atoms with Crippen LogP contribution >= 0.6 is 0 Å². The van der Waals surface area contributed by atoms with Crippen LogP contribution in [-0.4, -0.2) is 28.0 Å². The minimum atomic E-state index is -0.778. The summed E-state index contributed by atoms with van der Waals surface area (Å²) in [5.74, 6) is -1.22. The molecule has 31 heavy (non-hydrogen) atoms. The van der Waals surface area contributed by atoms with E-state index in [2.05, 4.69) is 20.6 Å². The summed E-state index contributed by atoms with van der Waals surface area (Å²) >= 11 is 0. The van der Waals surface area contributed by atoms with Gasteiger partial charge < -0.3 is 22.1 Å². The van der Waals surface area contributed by atoms with Gasteiger partial charge in [0, 0.05) is 23.8 Å². The van der Waals surface area contributed by atoms with Crippen molar-refractivity contribution in [3.63, 3.8) is 0 Å². The monoisotopic (exact) mass is 420 g/mol. The summed E-state index contributed by atoms with van der Waals surface area (Å²) in [6.07, 6.45) is 7.10. The fraction of sp³-hybridized carbons (Fsp3) is 0.261. The summed E-state index contributed by atoms with van der Waals surface area (Å²) in [6, 6.07) is 12.5. The number of nitrogens with two attached hydrogens (primary N) is 2. The highest BCUT2D eigenvalue weighted by molar-refractivity contribution is 5.99. The van der Waals surface area contributed by atoms with Crippen molar-refractivity contribution >= 4 is 23.2 Å². The summed E-state index contributed by atoms with van der Waals surface area (Å²) in [6.45, 7) is 0. The van der Waals surface area contributed by atoms with E-state index >= 15 is 0 Å². The van der Waals surface area contributed by atoms with Gasteiger partial charge in [-0.3, -0.25) is 9.78 Å². The first-order valence-electron chi connectivity index (χ1n) is 10.3. The predicted molar refractivity (Wildman–Crippen MR) is 120 cm³/mol. The summed E-state index contributed by atoms with van der Waals surface area (Å²) in [5, 5.41) is 6.24. The molecule has 1 unspecified atom stereocenters. The van der Waals surface area contributed by atoms with Crippen molar-refractivity contribution in [2.45, 2.75) is 37.8 Å². The zero-order valence-electron chi connectivity index (χ0n) is 17.0. The van der Waals surface area contributed by atoms with E-state index in [4.69, 9.17) is 11.5 Å². The Morgan fingerprint density at radius 3 is 2.61 bits per heavy atom. The van der Waals surface area contributed by atoms with Gasteiger partial charge in [0.05, 0.1) is 17.4 Å². The fourth-order valence-corrected chi connectivity index (χ4v) is 3.88. The third-order valence-corrected chi connectivity index (χ3v) is 5.54. The third-order valence-electron chi connectivity index (χ3n) is 5.54. The highest BCUT2D eigenvalue weighted by Crippen LogP contribution is 2.31. The zero-order valence-corrected chi connectivity index (χ0v) is 17.0. The molecule has 8 heteroatoms. The molecule has 6 N–H and O–H groups in total. The van der Waals surface area contributed by atoms with Crippen molar-refractivity contribution < 1.29 is 9.18 Å². The van der Waals surface area contributed by atoms with Gasteiger partial charge in [-0.2, -0.15) is 0 Å². The van der Waals surface area contributed by atoms with Crippen LogP contribution in [0.25, 0.3) is 11.1 Å². The molecule has 0 spiro atoms. The molecule has 160 valence electrons. The number of halogens is 1. The average Bonchev–Trinajstić information content (AvgIpc) is 2.78. The summed E-state index contributed by atoms with van der Waals surface area (Å²) in [4.78, 5) is 20.5. The molecule has 1 fully saturated rings. The van der Waals surface area contributed by atoms with Gasteiger partial charge in [0.2, 0.25) is 0 Å². The summed E-state index contributed by atoms with van der Waals surface area (Å²) in [5.41, 5.74) is 14.1. The molecule has 3 aromatic rings. The van der Waals surface area contributed by atoms with Crippen molar-refractivity contribution in [3.05, 3.63) is 66.2 Å². The Balaban J connectivity index is 1.70. The number of primary amides is 1. The van der Waals surface area contributed by atoms with Crippen molar-refractivity contribution in [3.8, 4) is 11.1 Å². The Labute approximate surface area is 180 Å². The van der Waals surface area contributed by atoms with Gasteiger partial charge in [0.15, 0.2) is 11.6 Å². The normalized spacial score (nSPS) is 18.4. The van der Waals surface area contributed by atoms with Crippen LogP contribution in [-0.2, 0) is 0 Å². The van der Waals surface area contributed by atoms with Crippen molar-refractivity contribution in [1.29, 1.82) is 0 Å². The fourth-order valence-electron chi connectivity index (χ4n) is 3.88. The number of aromatic nitrogens is 2. The molecule has 1 aliphatic carbocycles. The first-order valence-corrected chi connectivity index (χ1v) is 10.3. The Morgan fingerprint density at radius 1 is 1.10 bits per heavy atom. The maximum atomic E-state index is 14.7. The summed E-state index contributed by atoms with van der Waals surface area (Å²) < 4.78 is 14.7. The molecule has 4 rings (SSSR count). The number of amides is 1. The van der Waals surface area contributed by atoms with Crippen LogP contribution in [0.5, 0.6) is 0 Å². The first kappa shape index (κ1) is 20.7. The largest absolute Gasteiger partial charge is 0.365 e. The van der Waals surface area contributed by atoms with Crippen LogP contribution < -0.4 is 22.1 Å². The number of nitrogens with zero attached hydrogens (tertiary/aromatic N) is 2. The van der Waals surface area contributed by atoms with Gasteiger partial charge in [-0.1, -0.05) is 43.2 Å². The lowest BCUT2D eigenvalue weighted by Crippen LogP contribution is -2.43. The lowest BCUT2D eigenvalue weighted by molar-refractivity contribution is 0.100. The predicted octanol–water partition coefficient (Wildman–Crippen LogP) is 3.81. The second-order valence-electron chi connectivity index (χ2n) is 7.69. The molecule has 0 radical (unpaired) electrons. The number of pyridine rings is 2. The maximum absolute atomic E-state index is 14.7. The molecule has 0 aliphatic heterocycles. The van der Waals surface area contributed by atoms with Crippen LogP contribution in [0.4, 0.5) is 21.7 Å². The van der Waals surface area contributed by atoms with E-state index in [9.17, 15) is 9.18 Å². The smallest absolute Gasteiger partial charge is 0.252 e.